The van der Waals surface area contributed by atoms with Crippen LogP contribution in [0.2, 0.25) is 0 Å². The Labute approximate surface area is 175 Å². The van der Waals surface area contributed by atoms with Crippen LogP contribution in [-0.2, 0) is 6.42 Å². The molecule has 1 atom stereocenters. The van der Waals surface area contributed by atoms with E-state index in [4.69, 9.17) is 9.26 Å². The quantitative estimate of drug-likeness (QED) is 0.667. The van der Waals surface area contributed by atoms with Crippen LogP contribution in [0.3, 0.4) is 0 Å². The smallest absolute Gasteiger partial charge is 0.270 e. The van der Waals surface area contributed by atoms with Crippen molar-refractivity contribution in [3.05, 3.63) is 53.1 Å². The zero-order valence-corrected chi connectivity index (χ0v) is 17.3. The van der Waals surface area contributed by atoms with Crippen molar-refractivity contribution in [1.82, 2.24) is 10.1 Å². The summed E-state index contributed by atoms with van der Waals surface area (Å²) in [4.78, 5) is 6.64. The van der Waals surface area contributed by atoms with Gasteiger partial charge in [-0.1, -0.05) is 18.2 Å². The molecule has 30 heavy (non-hydrogen) atoms. The van der Waals surface area contributed by atoms with Gasteiger partial charge in [0, 0.05) is 12.2 Å². The van der Waals surface area contributed by atoms with Crippen molar-refractivity contribution in [2.75, 3.05) is 11.4 Å². The SMILES string of the molecule is CC(C)Oc1c(C#N)cccc1-c1nc(N2CCCc3cc(C(C)O)ccc32)no1. The first-order valence-corrected chi connectivity index (χ1v) is 10.1. The van der Waals surface area contributed by atoms with Crippen LogP contribution in [0.1, 0.15) is 50.0 Å². The highest BCUT2D eigenvalue weighted by Crippen LogP contribution is 2.37. The van der Waals surface area contributed by atoms with Crippen molar-refractivity contribution in [1.29, 1.82) is 5.26 Å². The fraction of sp³-hybridized carbons (Fsp3) is 0.348. The van der Waals surface area contributed by atoms with E-state index in [2.05, 4.69) is 16.2 Å². The standard InChI is InChI=1S/C23H24N4O3/c1-14(2)29-21-18(13-24)6-4-8-19(21)22-25-23(26-30-22)27-11-5-7-17-12-16(15(3)28)9-10-20(17)27/h4,6,8-10,12,14-15,28H,5,7,11H2,1-3H3. The normalized spacial score (nSPS) is 14.3. The van der Waals surface area contributed by atoms with Crippen LogP contribution >= 0.6 is 0 Å². The van der Waals surface area contributed by atoms with Gasteiger partial charge in [0.05, 0.1) is 23.3 Å². The van der Waals surface area contributed by atoms with Gasteiger partial charge in [-0.05, 0) is 68.1 Å². The Balaban J connectivity index is 1.71. The van der Waals surface area contributed by atoms with E-state index < -0.39 is 6.10 Å². The molecule has 0 spiro atoms. The van der Waals surface area contributed by atoms with Crippen molar-refractivity contribution in [2.24, 2.45) is 0 Å². The molecule has 0 bridgehead atoms. The van der Waals surface area contributed by atoms with Gasteiger partial charge in [0.25, 0.3) is 11.8 Å². The van der Waals surface area contributed by atoms with Crippen LogP contribution in [0.4, 0.5) is 11.6 Å². The highest BCUT2D eigenvalue weighted by molar-refractivity contribution is 5.70. The minimum Gasteiger partial charge on any atom is -0.489 e. The number of nitrogens with zero attached hydrogens (tertiary/aromatic N) is 4. The Morgan fingerprint density at radius 3 is 2.80 bits per heavy atom. The summed E-state index contributed by atoms with van der Waals surface area (Å²) in [5, 5.41) is 23.5. The predicted octanol–water partition coefficient (Wildman–Crippen LogP) is 4.53. The largest absolute Gasteiger partial charge is 0.489 e. The van der Waals surface area contributed by atoms with E-state index in [9.17, 15) is 10.4 Å². The van der Waals surface area contributed by atoms with Gasteiger partial charge in [-0.2, -0.15) is 10.2 Å². The zero-order chi connectivity index (χ0) is 21.3. The minimum absolute atomic E-state index is 0.0993. The van der Waals surface area contributed by atoms with Crippen LogP contribution in [-0.4, -0.2) is 27.9 Å². The number of anilines is 2. The molecule has 7 heteroatoms. The lowest BCUT2D eigenvalue weighted by atomic mass is 9.98. The number of rotatable bonds is 5. The van der Waals surface area contributed by atoms with E-state index in [1.807, 2.05) is 43.0 Å². The summed E-state index contributed by atoms with van der Waals surface area (Å²) in [6.45, 7) is 6.35. The number of hydrogen-bond donors (Lipinski definition) is 1. The van der Waals surface area contributed by atoms with Crippen LogP contribution in [0.25, 0.3) is 11.5 Å². The zero-order valence-electron chi connectivity index (χ0n) is 17.3. The van der Waals surface area contributed by atoms with Gasteiger partial charge in [-0.25, -0.2) is 0 Å². The van der Waals surface area contributed by atoms with Gasteiger partial charge in [-0.15, -0.1) is 0 Å². The molecule has 0 fully saturated rings. The number of aliphatic hydroxyl groups excluding tert-OH is 1. The first-order chi connectivity index (χ1) is 14.5. The van der Waals surface area contributed by atoms with Crippen LogP contribution in [0.15, 0.2) is 40.9 Å². The molecule has 1 unspecified atom stereocenters. The lowest BCUT2D eigenvalue weighted by Crippen LogP contribution is -2.25. The van der Waals surface area contributed by atoms with Crippen LogP contribution in [0.5, 0.6) is 5.75 Å². The summed E-state index contributed by atoms with van der Waals surface area (Å²) in [7, 11) is 0. The highest BCUT2D eigenvalue weighted by Gasteiger charge is 2.25. The Hall–Kier alpha value is -3.37. The first kappa shape index (κ1) is 19.9. The Kier molecular flexibility index (Phi) is 5.42. The number of para-hydroxylation sites is 1. The van der Waals surface area contributed by atoms with Crippen LogP contribution < -0.4 is 9.64 Å². The molecule has 0 aliphatic carbocycles. The average molecular weight is 404 g/mol. The molecule has 0 saturated heterocycles. The third-order valence-electron chi connectivity index (χ3n) is 5.08. The summed E-state index contributed by atoms with van der Waals surface area (Å²) in [6, 6.07) is 13.4. The Morgan fingerprint density at radius 1 is 1.23 bits per heavy atom. The van der Waals surface area contributed by atoms with Gasteiger partial charge in [0.15, 0.2) is 0 Å². The lowest BCUT2D eigenvalue weighted by molar-refractivity contribution is 0.199. The lowest BCUT2D eigenvalue weighted by Gasteiger charge is -2.28. The average Bonchev–Trinajstić information content (AvgIpc) is 3.22. The van der Waals surface area contributed by atoms with Gasteiger partial charge in [-0.3, -0.25) is 0 Å². The highest BCUT2D eigenvalue weighted by atomic mass is 16.5. The number of hydrogen-bond acceptors (Lipinski definition) is 7. The molecule has 2 aromatic carbocycles. The third kappa shape index (κ3) is 3.74. The fourth-order valence-electron chi connectivity index (χ4n) is 3.68. The van der Waals surface area contributed by atoms with Crippen molar-refractivity contribution < 1.29 is 14.4 Å². The molecule has 3 aromatic rings. The van der Waals surface area contributed by atoms with Gasteiger partial charge >= 0.3 is 0 Å². The monoisotopic (exact) mass is 404 g/mol. The maximum absolute atomic E-state index is 9.88. The number of fused-ring (bicyclic) bond motifs is 1. The molecule has 7 nitrogen and oxygen atoms in total. The van der Waals surface area contributed by atoms with E-state index in [0.717, 1.165) is 36.2 Å². The number of aliphatic hydroxyl groups is 1. The second kappa shape index (κ2) is 8.17. The Morgan fingerprint density at radius 2 is 2.07 bits per heavy atom. The fourth-order valence-corrected chi connectivity index (χ4v) is 3.68. The maximum atomic E-state index is 9.88. The summed E-state index contributed by atoms with van der Waals surface area (Å²) < 4.78 is 11.5. The van der Waals surface area contributed by atoms with Gasteiger partial charge in [0.1, 0.15) is 11.8 Å². The van der Waals surface area contributed by atoms with E-state index in [1.54, 1.807) is 19.1 Å². The number of benzene rings is 2. The second-order valence-corrected chi connectivity index (χ2v) is 7.68. The molecular formula is C23H24N4O3. The molecule has 2 heterocycles. The number of aryl methyl sites for hydroxylation is 1. The molecule has 154 valence electrons. The minimum atomic E-state index is -0.505. The second-order valence-electron chi connectivity index (χ2n) is 7.68. The molecule has 1 aliphatic rings. The van der Waals surface area contributed by atoms with Crippen molar-refractivity contribution in [3.63, 3.8) is 0 Å². The number of aromatic nitrogens is 2. The van der Waals surface area contributed by atoms with Crippen molar-refractivity contribution in [2.45, 2.75) is 45.8 Å². The molecule has 0 amide bonds. The molecule has 1 aliphatic heterocycles. The van der Waals surface area contributed by atoms with Gasteiger partial charge < -0.3 is 19.3 Å². The van der Waals surface area contributed by atoms with E-state index in [-0.39, 0.29) is 6.10 Å². The molecule has 4 rings (SSSR count). The first-order valence-electron chi connectivity index (χ1n) is 10.1. The predicted molar refractivity (Wildman–Crippen MR) is 113 cm³/mol. The summed E-state index contributed by atoms with van der Waals surface area (Å²) in [5.41, 5.74) is 4.09. The van der Waals surface area contributed by atoms with E-state index in [0.29, 0.717) is 28.7 Å². The molecule has 1 N–H and O–H groups in total. The molecular weight excluding hydrogens is 380 g/mol. The topological polar surface area (TPSA) is 95.4 Å². The third-order valence-corrected chi connectivity index (χ3v) is 5.08. The number of nitriles is 1. The number of ether oxygens (including phenoxy) is 1. The maximum Gasteiger partial charge on any atom is 0.270 e. The summed E-state index contributed by atoms with van der Waals surface area (Å²) >= 11 is 0. The Bertz CT molecular complexity index is 1100. The summed E-state index contributed by atoms with van der Waals surface area (Å²) in [5.74, 6) is 1.23. The van der Waals surface area contributed by atoms with Crippen molar-refractivity contribution in [3.8, 4) is 23.3 Å². The van der Waals surface area contributed by atoms with E-state index >= 15 is 0 Å². The van der Waals surface area contributed by atoms with Crippen LogP contribution in [0, 0.1) is 11.3 Å². The summed E-state index contributed by atoms with van der Waals surface area (Å²) in [6.07, 6.45) is 1.28. The van der Waals surface area contributed by atoms with Gasteiger partial charge in [0.2, 0.25) is 0 Å². The van der Waals surface area contributed by atoms with E-state index in [1.165, 1.54) is 0 Å². The molecule has 1 aromatic heterocycles. The molecule has 0 radical (unpaired) electrons. The van der Waals surface area contributed by atoms with Crippen molar-refractivity contribution >= 4 is 11.6 Å². The molecule has 0 saturated carbocycles.